The highest BCUT2D eigenvalue weighted by molar-refractivity contribution is 5.95. The summed E-state index contributed by atoms with van der Waals surface area (Å²) in [4.78, 5) is 0. The monoisotopic (exact) mass is 288 g/mol. The van der Waals surface area contributed by atoms with Gasteiger partial charge in [-0.2, -0.15) is 0 Å². The highest BCUT2D eigenvalue weighted by Crippen LogP contribution is 2.58. The van der Waals surface area contributed by atoms with Crippen molar-refractivity contribution in [2.75, 3.05) is 0 Å². The number of hydrogen-bond acceptors (Lipinski definition) is 0. The zero-order valence-electron chi connectivity index (χ0n) is 13.2. The van der Waals surface area contributed by atoms with E-state index in [-0.39, 0.29) is 0 Å². The van der Waals surface area contributed by atoms with Crippen molar-refractivity contribution in [3.63, 3.8) is 0 Å². The molecule has 0 N–H and O–H groups in total. The highest BCUT2D eigenvalue weighted by Gasteiger charge is 2.41. The molecule has 22 heavy (non-hydrogen) atoms. The molecular weight excluding hydrogens is 264 g/mol. The van der Waals surface area contributed by atoms with Gasteiger partial charge in [0.25, 0.3) is 0 Å². The summed E-state index contributed by atoms with van der Waals surface area (Å²) in [6.07, 6.45) is 9.58. The largest absolute Gasteiger partial charge is 0.0622 e. The van der Waals surface area contributed by atoms with Crippen LogP contribution in [-0.4, -0.2) is 0 Å². The van der Waals surface area contributed by atoms with Gasteiger partial charge >= 0.3 is 0 Å². The van der Waals surface area contributed by atoms with Crippen molar-refractivity contribution in [2.45, 2.75) is 44.9 Å². The molecule has 2 aromatic rings. The van der Waals surface area contributed by atoms with Crippen LogP contribution in [0.25, 0.3) is 11.1 Å². The van der Waals surface area contributed by atoms with Gasteiger partial charge in [-0.1, -0.05) is 79.9 Å². The lowest BCUT2D eigenvalue weighted by Crippen LogP contribution is -2.22. The van der Waals surface area contributed by atoms with Crippen LogP contribution in [0.15, 0.2) is 60.7 Å². The van der Waals surface area contributed by atoms with Gasteiger partial charge in [0.15, 0.2) is 0 Å². The van der Waals surface area contributed by atoms with E-state index in [9.17, 15) is 0 Å². The molecule has 1 spiro atoms. The summed E-state index contributed by atoms with van der Waals surface area (Å²) in [5, 5.41) is 0. The molecule has 0 radical (unpaired) electrons. The Kier molecular flexibility index (Phi) is 3.62. The summed E-state index contributed by atoms with van der Waals surface area (Å²) in [6, 6.07) is 22.2. The fraction of sp³-hybridized carbons (Fsp3) is 0.364. The zero-order chi connectivity index (χ0) is 14.8. The molecule has 2 aliphatic carbocycles. The van der Waals surface area contributed by atoms with Crippen molar-refractivity contribution in [1.29, 1.82) is 0 Å². The van der Waals surface area contributed by atoms with E-state index in [0.29, 0.717) is 5.41 Å². The fourth-order valence-electron chi connectivity index (χ4n) is 4.68. The average molecular weight is 288 g/mol. The lowest BCUT2D eigenvalue weighted by Gasteiger charge is -2.37. The predicted molar refractivity (Wildman–Crippen MR) is 94.5 cm³/mol. The molecule has 0 amide bonds. The Bertz CT molecular complexity index is 658. The summed E-state index contributed by atoms with van der Waals surface area (Å²) in [5.41, 5.74) is 6.61. The highest BCUT2D eigenvalue weighted by atomic mass is 14.5. The van der Waals surface area contributed by atoms with E-state index >= 15 is 0 Å². The molecule has 4 rings (SSSR count). The summed E-state index contributed by atoms with van der Waals surface area (Å²) in [5.74, 6) is 0. The van der Waals surface area contributed by atoms with Gasteiger partial charge in [0.05, 0.1) is 0 Å². The Morgan fingerprint density at radius 3 is 1.82 bits per heavy atom. The Morgan fingerprint density at radius 2 is 1.18 bits per heavy atom. The Morgan fingerprint density at radius 1 is 0.591 bits per heavy atom. The normalized spacial score (nSPS) is 20.5. The summed E-state index contributed by atoms with van der Waals surface area (Å²) in [7, 11) is 0. The van der Waals surface area contributed by atoms with Crippen molar-refractivity contribution in [3.8, 4) is 0 Å². The minimum atomic E-state index is 0.449. The number of rotatable bonds is 2. The Hall–Kier alpha value is -1.82. The standard InChI is InChI=1S/C22H24/c1-4-10-18(11-5-1)20-14-17-22(15-8-3-9-16-22)21(20)19-12-6-2-7-13-19/h1-2,4-7,10-13H,3,8-9,14-17H2. The van der Waals surface area contributed by atoms with Crippen molar-refractivity contribution < 1.29 is 0 Å². The fourth-order valence-corrected chi connectivity index (χ4v) is 4.68. The van der Waals surface area contributed by atoms with E-state index in [4.69, 9.17) is 0 Å². The van der Waals surface area contributed by atoms with E-state index in [1.807, 2.05) is 0 Å². The van der Waals surface area contributed by atoms with Gasteiger partial charge in [-0.15, -0.1) is 0 Å². The third-order valence-corrected chi connectivity index (χ3v) is 5.68. The first-order valence-corrected chi connectivity index (χ1v) is 8.74. The Balaban J connectivity index is 1.88. The molecule has 1 fully saturated rings. The van der Waals surface area contributed by atoms with Crippen molar-refractivity contribution >= 4 is 11.1 Å². The first kappa shape index (κ1) is 13.8. The third-order valence-electron chi connectivity index (χ3n) is 5.68. The Labute approximate surface area is 133 Å². The molecule has 0 aromatic heterocycles. The van der Waals surface area contributed by atoms with Gasteiger partial charge < -0.3 is 0 Å². The molecule has 0 atom stereocenters. The minimum absolute atomic E-state index is 0.449. The van der Waals surface area contributed by atoms with Crippen molar-refractivity contribution in [1.82, 2.24) is 0 Å². The second kappa shape index (κ2) is 5.76. The molecule has 2 aromatic carbocycles. The van der Waals surface area contributed by atoms with E-state index in [1.165, 1.54) is 56.1 Å². The first-order valence-electron chi connectivity index (χ1n) is 8.74. The van der Waals surface area contributed by atoms with E-state index < -0.39 is 0 Å². The van der Waals surface area contributed by atoms with Crippen LogP contribution in [0.4, 0.5) is 0 Å². The molecule has 0 saturated heterocycles. The van der Waals surface area contributed by atoms with Crippen LogP contribution >= 0.6 is 0 Å². The molecule has 0 bridgehead atoms. The quantitative estimate of drug-likeness (QED) is 0.604. The molecule has 112 valence electrons. The molecular formula is C22H24. The van der Waals surface area contributed by atoms with Crippen molar-refractivity contribution in [3.05, 3.63) is 71.8 Å². The SMILES string of the molecule is c1ccc(C2=C(c3ccccc3)C3(CCCCC3)CC2)cc1. The van der Waals surface area contributed by atoms with Gasteiger partial charge in [-0.25, -0.2) is 0 Å². The van der Waals surface area contributed by atoms with E-state index in [0.717, 1.165) is 0 Å². The summed E-state index contributed by atoms with van der Waals surface area (Å²) in [6.45, 7) is 0. The van der Waals surface area contributed by atoms with Gasteiger partial charge in [-0.05, 0) is 53.4 Å². The predicted octanol–water partition coefficient (Wildman–Crippen LogP) is 6.34. The van der Waals surface area contributed by atoms with Gasteiger partial charge in [-0.3, -0.25) is 0 Å². The molecule has 0 nitrogen and oxygen atoms in total. The molecule has 2 aliphatic rings. The maximum absolute atomic E-state index is 2.32. The van der Waals surface area contributed by atoms with Crippen molar-refractivity contribution in [2.24, 2.45) is 5.41 Å². The molecule has 0 heteroatoms. The lowest BCUT2D eigenvalue weighted by molar-refractivity contribution is 0.266. The smallest absolute Gasteiger partial charge is 0.00349 e. The number of hydrogen-bond donors (Lipinski definition) is 0. The van der Waals surface area contributed by atoms with Crippen LogP contribution in [-0.2, 0) is 0 Å². The topological polar surface area (TPSA) is 0 Å². The lowest BCUT2D eigenvalue weighted by atomic mass is 9.67. The van der Waals surface area contributed by atoms with Crippen LogP contribution in [0.5, 0.6) is 0 Å². The number of allylic oxidation sites excluding steroid dienone is 2. The van der Waals surface area contributed by atoms with E-state index in [1.54, 1.807) is 11.1 Å². The van der Waals surface area contributed by atoms with Crippen LogP contribution in [0.1, 0.15) is 56.1 Å². The van der Waals surface area contributed by atoms with Crippen LogP contribution in [0, 0.1) is 5.41 Å². The third kappa shape index (κ3) is 2.31. The maximum atomic E-state index is 2.32. The molecule has 0 aliphatic heterocycles. The van der Waals surface area contributed by atoms with Crippen LogP contribution in [0.3, 0.4) is 0 Å². The first-order chi connectivity index (χ1) is 10.9. The van der Waals surface area contributed by atoms with Gasteiger partial charge in [0, 0.05) is 0 Å². The molecule has 0 heterocycles. The number of benzene rings is 2. The zero-order valence-corrected chi connectivity index (χ0v) is 13.2. The van der Waals surface area contributed by atoms with Gasteiger partial charge in [0.2, 0.25) is 0 Å². The molecule has 1 saturated carbocycles. The average Bonchev–Trinajstić information content (AvgIpc) is 2.96. The van der Waals surface area contributed by atoms with E-state index in [2.05, 4.69) is 60.7 Å². The second-order valence-corrected chi connectivity index (χ2v) is 6.93. The summed E-state index contributed by atoms with van der Waals surface area (Å²) < 4.78 is 0. The maximum Gasteiger partial charge on any atom is -0.00349 e. The summed E-state index contributed by atoms with van der Waals surface area (Å²) >= 11 is 0. The minimum Gasteiger partial charge on any atom is -0.0622 e. The van der Waals surface area contributed by atoms with Crippen LogP contribution < -0.4 is 0 Å². The molecule has 0 unspecified atom stereocenters. The second-order valence-electron chi connectivity index (χ2n) is 6.93. The van der Waals surface area contributed by atoms with Gasteiger partial charge in [0.1, 0.15) is 0 Å². The van der Waals surface area contributed by atoms with Crippen LogP contribution in [0.2, 0.25) is 0 Å².